The van der Waals surface area contributed by atoms with E-state index in [4.69, 9.17) is 20.3 Å². The van der Waals surface area contributed by atoms with Gasteiger partial charge in [-0.25, -0.2) is 14.5 Å². The maximum Gasteiger partial charge on any atom is 0.469 e. The Morgan fingerprint density at radius 1 is 1.35 bits per heavy atom. The molecule has 0 unspecified atom stereocenters. The van der Waals surface area contributed by atoms with E-state index in [9.17, 15) is 14.8 Å². The molecule has 12 heteroatoms. The minimum atomic E-state index is -4.71. The van der Waals surface area contributed by atoms with Crippen molar-refractivity contribution in [2.24, 2.45) is 0 Å². The highest BCUT2D eigenvalue weighted by molar-refractivity contribution is 7.46. The molecule has 126 valence electrons. The molecule has 0 aromatic carbocycles. The van der Waals surface area contributed by atoms with Crippen LogP contribution in [0.5, 0.6) is 0 Å². The molecule has 2 aromatic rings. The second-order valence-corrected chi connectivity index (χ2v) is 6.29. The molecule has 0 radical (unpaired) electrons. The zero-order valence-corrected chi connectivity index (χ0v) is 12.5. The summed E-state index contributed by atoms with van der Waals surface area (Å²) in [7, 11) is -4.71. The van der Waals surface area contributed by atoms with Crippen LogP contribution < -0.4 is 5.73 Å². The average Bonchev–Trinajstić information content (AvgIpc) is 3.01. The first-order valence-corrected chi connectivity index (χ1v) is 8.09. The fourth-order valence-electron chi connectivity index (χ4n) is 2.46. The molecule has 4 atom stereocenters. The summed E-state index contributed by atoms with van der Waals surface area (Å²) in [6, 6.07) is 1.63. The monoisotopic (exact) mass is 346 g/mol. The molecule has 1 saturated heterocycles. The molecular formula is C11H15N4O7P. The maximum atomic E-state index is 10.7. The molecule has 0 aliphatic carbocycles. The fourth-order valence-corrected chi connectivity index (χ4v) is 2.80. The summed E-state index contributed by atoms with van der Waals surface area (Å²) in [4.78, 5) is 25.3. The number of fused-ring (bicyclic) bond motifs is 1. The van der Waals surface area contributed by atoms with Crippen LogP contribution in [-0.2, 0) is 13.8 Å². The van der Waals surface area contributed by atoms with Crippen molar-refractivity contribution in [2.75, 3.05) is 12.3 Å². The molecular weight excluding hydrogens is 331 g/mol. The second-order valence-electron chi connectivity index (χ2n) is 5.05. The number of nitrogen functional groups attached to an aromatic ring is 1. The molecule has 3 rings (SSSR count). The average molecular weight is 346 g/mol. The van der Waals surface area contributed by atoms with Gasteiger partial charge in [-0.2, -0.15) is 0 Å². The van der Waals surface area contributed by atoms with Crippen molar-refractivity contribution in [1.82, 2.24) is 14.5 Å². The van der Waals surface area contributed by atoms with E-state index in [1.807, 2.05) is 0 Å². The highest BCUT2D eigenvalue weighted by atomic mass is 31.2. The predicted molar refractivity (Wildman–Crippen MR) is 75.9 cm³/mol. The van der Waals surface area contributed by atoms with Crippen LogP contribution in [0.4, 0.5) is 5.82 Å². The summed E-state index contributed by atoms with van der Waals surface area (Å²) < 4.78 is 22.0. The van der Waals surface area contributed by atoms with Gasteiger partial charge in [0.2, 0.25) is 0 Å². The van der Waals surface area contributed by atoms with Gasteiger partial charge in [-0.3, -0.25) is 4.52 Å². The van der Waals surface area contributed by atoms with E-state index in [2.05, 4.69) is 14.5 Å². The van der Waals surface area contributed by atoms with E-state index in [-0.39, 0.29) is 5.82 Å². The van der Waals surface area contributed by atoms with Crippen molar-refractivity contribution in [3.8, 4) is 0 Å². The summed E-state index contributed by atoms with van der Waals surface area (Å²) in [6.45, 7) is -0.574. The zero-order chi connectivity index (χ0) is 16.8. The van der Waals surface area contributed by atoms with Gasteiger partial charge in [-0.1, -0.05) is 0 Å². The first kappa shape index (κ1) is 16.3. The van der Waals surface area contributed by atoms with E-state index in [0.717, 1.165) is 0 Å². The maximum absolute atomic E-state index is 10.7. The van der Waals surface area contributed by atoms with Gasteiger partial charge in [-0.15, -0.1) is 0 Å². The minimum Gasteiger partial charge on any atom is -0.387 e. The van der Waals surface area contributed by atoms with Crippen molar-refractivity contribution in [3.05, 3.63) is 18.6 Å². The third-order valence-corrected chi connectivity index (χ3v) is 4.04. The Labute approximate surface area is 129 Å². The SMILES string of the molecule is Nc1ncnc2c1ccn2[C@H]1O[C@@H](COP(=O)(O)O)[C@H](O)[C@@H]1O. The number of aliphatic hydroxyl groups is 2. The second kappa shape index (κ2) is 5.80. The Hall–Kier alpha value is -1.59. The number of hydrogen-bond donors (Lipinski definition) is 5. The van der Waals surface area contributed by atoms with Crippen LogP contribution >= 0.6 is 7.82 Å². The van der Waals surface area contributed by atoms with Crippen LogP contribution in [0.1, 0.15) is 6.23 Å². The molecule has 6 N–H and O–H groups in total. The minimum absolute atomic E-state index is 0.253. The third kappa shape index (κ3) is 3.08. The van der Waals surface area contributed by atoms with Crippen LogP contribution in [-0.4, -0.2) is 59.5 Å². The van der Waals surface area contributed by atoms with Crippen molar-refractivity contribution >= 4 is 24.7 Å². The number of nitrogens with two attached hydrogens (primary N) is 1. The zero-order valence-electron chi connectivity index (χ0n) is 11.6. The summed E-state index contributed by atoms with van der Waals surface area (Å²) in [5.41, 5.74) is 6.12. The van der Waals surface area contributed by atoms with Gasteiger partial charge in [0.15, 0.2) is 6.23 Å². The molecule has 3 heterocycles. The number of hydrogen-bond acceptors (Lipinski definition) is 8. The summed E-state index contributed by atoms with van der Waals surface area (Å²) >= 11 is 0. The standard InChI is InChI=1S/C11H15N4O7P/c12-9-5-1-2-15(10(5)14-4-13-9)11-8(17)7(16)6(22-11)3-21-23(18,19)20/h1-2,4,6-8,11,16-17H,3H2,(H2,12,13,14)(H2,18,19,20)/t6-,7-,8-,11-/m0/s1. The number of phosphoric ester groups is 1. The first-order valence-electron chi connectivity index (χ1n) is 6.56. The quantitative estimate of drug-likeness (QED) is 0.420. The summed E-state index contributed by atoms with van der Waals surface area (Å²) in [6.07, 6.45) is -2.04. The summed E-state index contributed by atoms with van der Waals surface area (Å²) in [5.74, 6) is 0.253. The van der Waals surface area contributed by atoms with E-state index in [1.165, 1.54) is 10.9 Å². The Kier molecular flexibility index (Phi) is 4.10. The molecule has 1 aliphatic rings. The van der Waals surface area contributed by atoms with Gasteiger partial charge < -0.3 is 35.0 Å². The lowest BCUT2D eigenvalue weighted by atomic mass is 10.1. The summed E-state index contributed by atoms with van der Waals surface area (Å²) in [5, 5.41) is 20.7. The van der Waals surface area contributed by atoms with E-state index in [0.29, 0.717) is 11.0 Å². The molecule has 11 nitrogen and oxygen atoms in total. The predicted octanol–water partition coefficient (Wildman–Crippen LogP) is -1.26. The lowest BCUT2D eigenvalue weighted by molar-refractivity contribution is -0.0501. The number of aromatic nitrogens is 3. The Bertz CT molecular complexity index is 762. The Balaban J connectivity index is 1.85. The van der Waals surface area contributed by atoms with Crippen LogP contribution in [0.3, 0.4) is 0 Å². The number of anilines is 1. The Morgan fingerprint density at radius 2 is 2.09 bits per heavy atom. The molecule has 0 amide bonds. The fraction of sp³-hybridized carbons (Fsp3) is 0.455. The number of ether oxygens (including phenoxy) is 1. The van der Waals surface area contributed by atoms with Crippen molar-refractivity contribution in [3.63, 3.8) is 0 Å². The molecule has 1 fully saturated rings. The van der Waals surface area contributed by atoms with Crippen LogP contribution in [0.15, 0.2) is 18.6 Å². The van der Waals surface area contributed by atoms with Crippen molar-refractivity contribution in [1.29, 1.82) is 0 Å². The van der Waals surface area contributed by atoms with Gasteiger partial charge >= 0.3 is 7.82 Å². The number of aliphatic hydroxyl groups excluding tert-OH is 2. The lowest BCUT2D eigenvalue weighted by Gasteiger charge is -2.17. The molecule has 0 bridgehead atoms. The Morgan fingerprint density at radius 3 is 2.78 bits per heavy atom. The number of phosphoric acid groups is 1. The van der Waals surface area contributed by atoms with Gasteiger partial charge in [-0.05, 0) is 6.07 Å². The van der Waals surface area contributed by atoms with Crippen LogP contribution in [0.25, 0.3) is 11.0 Å². The van der Waals surface area contributed by atoms with Gasteiger partial charge in [0.25, 0.3) is 0 Å². The molecule has 0 spiro atoms. The third-order valence-electron chi connectivity index (χ3n) is 3.56. The topological polar surface area (TPSA) is 173 Å². The van der Waals surface area contributed by atoms with Crippen molar-refractivity contribution in [2.45, 2.75) is 24.5 Å². The van der Waals surface area contributed by atoms with E-state index in [1.54, 1.807) is 12.3 Å². The molecule has 2 aromatic heterocycles. The van der Waals surface area contributed by atoms with Crippen molar-refractivity contribution < 1.29 is 33.8 Å². The largest absolute Gasteiger partial charge is 0.469 e. The van der Waals surface area contributed by atoms with E-state index >= 15 is 0 Å². The molecule has 1 aliphatic heterocycles. The van der Waals surface area contributed by atoms with Crippen LogP contribution in [0.2, 0.25) is 0 Å². The van der Waals surface area contributed by atoms with Gasteiger partial charge in [0.1, 0.15) is 36.1 Å². The first-order chi connectivity index (χ1) is 10.8. The highest BCUT2D eigenvalue weighted by Gasteiger charge is 2.44. The number of rotatable bonds is 4. The smallest absolute Gasteiger partial charge is 0.387 e. The molecule has 23 heavy (non-hydrogen) atoms. The normalized spacial score (nSPS) is 28.5. The van der Waals surface area contributed by atoms with Gasteiger partial charge in [0, 0.05) is 6.20 Å². The lowest BCUT2D eigenvalue weighted by Crippen LogP contribution is -2.33. The van der Waals surface area contributed by atoms with Crippen LogP contribution in [0, 0.1) is 0 Å². The number of nitrogens with zero attached hydrogens (tertiary/aromatic N) is 3. The van der Waals surface area contributed by atoms with E-state index < -0.39 is 39.0 Å². The van der Waals surface area contributed by atoms with Gasteiger partial charge in [0.05, 0.1) is 12.0 Å². The highest BCUT2D eigenvalue weighted by Crippen LogP contribution is 2.39. The molecule has 0 saturated carbocycles.